The fraction of sp³-hybridized carbons (Fsp3) is 0.556. The molecular weight excluding hydrogens is 345 g/mol. The second kappa shape index (κ2) is 9.15. The van der Waals surface area contributed by atoms with E-state index in [1.807, 2.05) is 6.07 Å². The maximum Gasteiger partial charge on any atom is 0.243 e. The van der Waals surface area contributed by atoms with Crippen LogP contribution in [-0.2, 0) is 22.6 Å². The highest BCUT2D eigenvalue weighted by molar-refractivity contribution is 5.95. The second-order valence-corrected chi connectivity index (χ2v) is 6.59. The first-order valence-corrected chi connectivity index (χ1v) is 8.73. The molecule has 7 heteroatoms. The molecule has 3 N–H and O–H groups in total. The highest BCUT2D eigenvalue weighted by Crippen LogP contribution is 2.25. The Bertz CT molecular complexity index is 633. The molecule has 0 saturated heterocycles. The number of fused-ring (bicyclic) bond motifs is 1. The Hall–Kier alpha value is -1.66. The van der Waals surface area contributed by atoms with Crippen LogP contribution in [0.3, 0.4) is 0 Å². The average Bonchev–Trinajstić information content (AvgIpc) is 2.63. The van der Waals surface area contributed by atoms with Gasteiger partial charge in [-0.05, 0) is 43.0 Å². The Labute approximate surface area is 153 Å². The fourth-order valence-electron chi connectivity index (χ4n) is 3.50. The monoisotopic (exact) mass is 369 g/mol. The summed E-state index contributed by atoms with van der Waals surface area (Å²) in [6.07, 6.45) is 5.71. The number of benzene rings is 1. The molecule has 3 rings (SSSR count). The summed E-state index contributed by atoms with van der Waals surface area (Å²) in [5, 5.41) is 8.43. The third-order valence-electron chi connectivity index (χ3n) is 4.88. The van der Waals surface area contributed by atoms with Crippen LogP contribution in [0.15, 0.2) is 12.1 Å². The molecule has 0 unspecified atom stereocenters. The van der Waals surface area contributed by atoms with Crippen LogP contribution in [0.2, 0.25) is 0 Å². The van der Waals surface area contributed by atoms with E-state index in [-0.39, 0.29) is 42.3 Å². The van der Waals surface area contributed by atoms with Gasteiger partial charge in [0.2, 0.25) is 11.8 Å². The molecule has 1 fully saturated rings. The summed E-state index contributed by atoms with van der Waals surface area (Å²) < 4.78 is 14.5. The smallest absolute Gasteiger partial charge is 0.243 e. The first kappa shape index (κ1) is 19.7. The normalized spacial score (nSPS) is 17.2. The van der Waals surface area contributed by atoms with E-state index in [0.717, 1.165) is 37.8 Å². The van der Waals surface area contributed by atoms with E-state index >= 15 is 0 Å². The fourth-order valence-corrected chi connectivity index (χ4v) is 3.50. The van der Waals surface area contributed by atoms with Crippen molar-refractivity contribution in [3.63, 3.8) is 0 Å². The number of hydrogen-bond donors (Lipinski definition) is 3. The third kappa shape index (κ3) is 4.92. The SMILES string of the molecule is Cl.O=C(CNC(=O)C1CCCCC1)Nc1ccc2c(c1F)CCNC2. The maximum absolute atomic E-state index is 14.5. The molecule has 1 heterocycles. The molecule has 0 bridgehead atoms. The van der Waals surface area contributed by atoms with Crippen molar-refractivity contribution in [3.8, 4) is 0 Å². The standard InChI is InChI=1S/C18H24FN3O2.ClH/c19-17-14-8-9-20-10-13(14)6-7-15(17)22-16(23)11-21-18(24)12-4-2-1-3-5-12;/h6-7,12,20H,1-5,8-11H2,(H,21,24)(H,22,23);1H. The van der Waals surface area contributed by atoms with E-state index in [1.165, 1.54) is 6.42 Å². The van der Waals surface area contributed by atoms with Gasteiger partial charge >= 0.3 is 0 Å². The van der Waals surface area contributed by atoms with Gasteiger partial charge in [-0.3, -0.25) is 9.59 Å². The van der Waals surface area contributed by atoms with Crippen molar-refractivity contribution in [1.29, 1.82) is 0 Å². The Morgan fingerprint density at radius 2 is 1.96 bits per heavy atom. The highest BCUT2D eigenvalue weighted by Gasteiger charge is 2.22. The third-order valence-corrected chi connectivity index (χ3v) is 4.88. The number of hydrogen-bond acceptors (Lipinski definition) is 3. The van der Waals surface area contributed by atoms with Crippen molar-refractivity contribution in [3.05, 3.63) is 29.1 Å². The molecule has 25 heavy (non-hydrogen) atoms. The van der Waals surface area contributed by atoms with Crippen LogP contribution in [0, 0.1) is 11.7 Å². The lowest BCUT2D eigenvalue weighted by atomic mass is 9.89. The molecule has 0 atom stereocenters. The molecular formula is C18H25ClFN3O2. The van der Waals surface area contributed by atoms with E-state index in [4.69, 9.17) is 0 Å². The minimum atomic E-state index is -0.396. The van der Waals surface area contributed by atoms with Crippen LogP contribution >= 0.6 is 12.4 Å². The van der Waals surface area contributed by atoms with E-state index in [0.29, 0.717) is 18.5 Å². The van der Waals surface area contributed by atoms with Crippen LogP contribution in [0.25, 0.3) is 0 Å². The first-order valence-electron chi connectivity index (χ1n) is 8.73. The molecule has 1 saturated carbocycles. The molecule has 0 spiro atoms. The van der Waals surface area contributed by atoms with Crippen LogP contribution in [0.4, 0.5) is 10.1 Å². The molecule has 5 nitrogen and oxygen atoms in total. The Kier molecular flexibility index (Phi) is 7.20. The minimum Gasteiger partial charge on any atom is -0.347 e. The zero-order valence-electron chi connectivity index (χ0n) is 14.2. The van der Waals surface area contributed by atoms with Crippen molar-refractivity contribution in [1.82, 2.24) is 10.6 Å². The van der Waals surface area contributed by atoms with Crippen molar-refractivity contribution in [2.45, 2.75) is 45.1 Å². The van der Waals surface area contributed by atoms with Gasteiger partial charge < -0.3 is 16.0 Å². The zero-order valence-corrected chi connectivity index (χ0v) is 15.0. The summed E-state index contributed by atoms with van der Waals surface area (Å²) in [6, 6.07) is 3.42. The summed E-state index contributed by atoms with van der Waals surface area (Å²) in [5.74, 6) is -0.811. The van der Waals surface area contributed by atoms with Crippen molar-refractivity contribution < 1.29 is 14.0 Å². The predicted molar refractivity (Wildman–Crippen MR) is 97.3 cm³/mol. The summed E-state index contributed by atoms with van der Waals surface area (Å²) >= 11 is 0. The van der Waals surface area contributed by atoms with Gasteiger partial charge in [0.15, 0.2) is 0 Å². The van der Waals surface area contributed by atoms with E-state index in [9.17, 15) is 14.0 Å². The predicted octanol–water partition coefficient (Wildman–Crippen LogP) is 2.53. The molecule has 1 aromatic rings. The summed E-state index contributed by atoms with van der Waals surface area (Å²) in [5.41, 5.74) is 1.78. The number of anilines is 1. The summed E-state index contributed by atoms with van der Waals surface area (Å²) in [6.45, 7) is 1.27. The zero-order chi connectivity index (χ0) is 16.9. The van der Waals surface area contributed by atoms with Gasteiger partial charge in [0.05, 0.1) is 12.2 Å². The lowest BCUT2D eigenvalue weighted by Gasteiger charge is -2.21. The second-order valence-electron chi connectivity index (χ2n) is 6.59. The van der Waals surface area contributed by atoms with Gasteiger partial charge in [0, 0.05) is 12.5 Å². The van der Waals surface area contributed by atoms with Crippen LogP contribution in [0.5, 0.6) is 0 Å². The Balaban J connectivity index is 0.00000225. The number of nitrogens with one attached hydrogen (secondary N) is 3. The molecule has 1 aliphatic heterocycles. The molecule has 1 aliphatic carbocycles. The van der Waals surface area contributed by atoms with Crippen LogP contribution < -0.4 is 16.0 Å². The number of rotatable bonds is 4. The number of halogens is 2. The Morgan fingerprint density at radius 3 is 2.72 bits per heavy atom. The van der Waals surface area contributed by atoms with Gasteiger partial charge in [0.25, 0.3) is 0 Å². The van der Waals surface area contributed by atoms with Crippen LogP contribution in [0.1, 0.15) is 43.2 Å². The van der Waals surface area contributed by atoms with Gasteiger partial charge in [0.1, 0.15) is 5.82 Å². The van der Waals surface area contributed by atoms with Gasteiger partial charge in [-0.25, -0.2) is 4.39 Å². The van der Waals surface area contributed by atoms with Gasteiger partial charge in [-0.15, -0.1) is 12.4 Å². The molecule has 1 aromatic carbocycles. The minimum absolute atomic E-state index is 0. The van der Waals surface area contributed by atoms with Gasteiger partial charge in [-0.1, -0.05) is 25.3 Å². The van der Waals surface area contributed by atoms with Crippen molar-refractivity contribution >= 4 is 29.9 Å². The maximum atomic E-state index is 14.5. The lowest BCUT2D eigenvalue weighted by molar-refractivity contribution is -0.128. The Morgan fingerprint density at radius 1 is 1.20 bits per heavy atom. The summed E-state index contributed by atoms with van der Waals surface area (Å²) in [7, 11) is 0. The molecule has 0 aromatic heterocycles. The topological polar surface area (TPSA) is 70.2 Å². The number of carbonyl (C=O) groups excluding carboxylic acids is 2. The highest BCUT2D eigenvalue weighted by atomic mass is 35.5. The van der Waals surface area contributed by atoms with E-state index in [2.05, 4.69) is 16.0 Å². The van der Waals surface area contributed by atoms with Gasteiger partial charge in [-0.2, -0.15) is 0 Å². The van der Waals surface area contributed by atoms with E-state index < -0.39 is 5.91 Å². The summed E-state index contributed by atoms with van der Waals surface area (Å²) in [4.78, 5) is 24.1. The quantitative estimate of drug-likeness (QED) is 0.763. The van der Waals surface area contributed by atoms with Crippen LogP contribution in [-0.4, -0.2) is 24.9 Å². The number of carbonyl (C=O) groups is 2. The average molecular weight is 370 g/mol. The largest absolute Gasteiger partial charge is 0.347 e. The number of amides is 2. The molecule has 0 radical (unpaired) electrons. The van der Waals surface area contributed by atoms with Crippen molar-refractivity contribution in [2.75, 3.05) is 18.4 Å². The molecule has 2 aliphatic rings. The van der Waals surface area contributed by atoms with E-state index in [1.54, 1.807) is 6.07 Å². The first-order chi connectivity index (χ1) is 11.6. The van der Waals surface area contributed by atoms with Crippen molar-refractivity contribution in [2.24, 2.45) is 5.92 Å². The molecule has 2 amide bonds. The molecule has 138 valence electrons. The lowest BCUT2D eigenvalue weighted by Crippen LogP contribution is -2.37.